The Morgan fingerprint density at radius 2 is 2.14 bits per heavy atom. The summed E-state index contributed by atoms with van der Waals surface area (Å²) in [4.78, 5) is 10.2. The molecule has 0 aromatic heterocycles. The number of phenols is 1. The van der Waals surface area contributed by atoms with Gasteiger partial charge in [0, 0.05) is 6.08 Å². The first kappa shape index (κ1) is 10.7. The molecule has 14 heavy (non-hydrogen) atoms. The van der Waals surface area contributed by atoms with Gasteiger partial charge in [-0.1, -0.05) is 6.07 Å². The fourth-order valence-corrected chi connectivity index (χ4v) is 1.30. The Bertz CT molecular complexity index is 401. The number of carbonyl (C=O) groups is 1. The molecule has 0 aliphatic carbocycles. The van der Waals surface area contributed by atoms with Crippen molar-refractivity contribution >= 4 is 28.0 Å². The summed E-state index contributed by atoms with van der Waals surface area (Å²) in [6.07, 6.45) is 2.16. The molecule has 0 fully saturated rings. The molecule has 0 bridgehead atoms. The minimum Gasteiger partial charge on any atom is -0.504 e. The fraction of sp³-hybridized carbons (Fsp3) is 0. The van der Waals surface area contributed by atoms with E-state index in [1.54, 1.807) is 0 Å². The second-order valence-electron chi connectivity index (χ2n) is 2.47. The SMILES string of the molecule is O=C(O)/C=C/c1ccc(F)c(O)c1Br. The molecule has 0 aliphatic rings. The Morgan fingerprint density at radius 1 is 1.50 bits per heavy atom. The lowest BCUT2D eigenvalue weighted by atomic mass is 10.2. The lowest BCUT2D eigenvalue weighted by molar-refractivity contribution is -0.131. The standard InChI is InChI=1S/C9H6BrFO3/c10-8-5(2-4-7(12)13)1-3-6(11)9(8)14/h1-4,14H,(H,12,13)/b4-2+. The summed E-state index contributed by atoms with van der Waals surface area (Å²) in [5.74, 6) is -2.40. The number of aliphatic carboxylic acids is 1. The number of carboxylic acid groups (broad SMARTS) is 1. The molecule has 0 unspecified atom stereocenters. The van der Waals surface area contributed by atoms with Crippen LogP contribution in [0.4, 0.5) is 4.39 Å². The van der Waals surface area contributed by atoms with E-state index < -0.39 is 17.5 Å². The van der Waals surface area contributed by atoms with Crippen LogP contribution in [0.1, 0.15) is 5.56 Å². The van der Waals surface area contributed by atoms with Crippen molar-refractivity contribution in [1.29, 1.82) is 0 Å². The van der Waals surface area contributed by atoms with Crippen molar-refractivity contribution in [1.82, 2.24) is 0 Å². The third kappa shape index (κ3) is 2.32. The van der Waals surface area contributed by atoms with Crippen molar-refractivity contribution in [3.63, 3.8) is 0 Å². The van der Waals surface area contributed by atoms with Crippen molar-refractivity contribution in [2.75, 3.05) is 0 Å². The summed E-state index contributed by atoms with van der Waals surface area (Å²) in [5.41, 5.74) is 0.395. The molecule has 5 heteroatoms. The normalized spacial score (nSPS) is 10.7. The molecule has 3 nitrogen and oxygen atoms in total. The van der Waals surface area contributed by atoms with E-state index in [-0.39, 0.29) is 4.47 Å². The summed E-state index contributed by atoms with van der Waals surface area (Å²) in [7, 11) is 0. The number of benzene rings is 1. The molecular formula is C9H6BrFO3. The third-order valence-corrected chi connectivity index (χ3v) is 2.34. The van der Waals surface area contributed by atoms with Crippen LogP contribution in [-0.2, 0) is 4.79 Å². The quantitative estimate of drug-likeness (QED) is 0.803. The summed E-state index contributed by atoms with van der Waals surface area (Å²) in [6, 6.07) is 2.42. The van der Waals surface area contributed by atoms with E-state index >= 15 is 0 Å². The summed E-state index contributed by atoms with van der Waals surface area (Å²) in [6.45, 7) is 0. The molecule has 0 atom stereocenters. The van der Waals surface area contributed by atoms with Gasteiger partial charge in [0.2, 0.25) is 0 Å². The molecule has 0 saturated carbocycles. The van der Waals surface area contributed by atoms with Gasteiger partial charge in [0.25, 0.3) is 0 Å². The van der Waals surface area contributed by atoms with Crippen molar-refractivity contribution < 1.29 is 19.4 Å². The number of halogens is 2. The van der Waals surface area contributed by atoms with Gasteiger partial charge in [0.1, 0.15) is 0 Å². The highest BCUT2D eigenvalue weighted by molar-refractivity contribution is 9.10. The molecule has 0 aliphatic heterocycles. The van der Waals surface area contributed by atoms with E-state index in [1.165, 1.54) is 12.1 Å². The Labute approximate surface area is 87.6 Å². The molecule has 0 spiro atoms. The highest BCUT2D eigenvalue weighted by Gasteiger charge is 2.07. The predicted molar refractivity (Wildman–Crippen MR) is 52.4 cm³/mol. The van der Waals surface area contributed by atoms with Crippen LogP contribution in [0, 0.1) is 5.82 Å². The Balaban J connectivity index is 3.12. The Kier molecular flexibility index (Phi) is 3.24. The maximum atomic E-state index is 12.7. The van der Waals surface area contributed by atoms with Crippen LogP contribution in [-0.4, -0.2) is 16.2 Å². The molecule has 1 aromatic carbocycles. The minimum atomic E-state index is -1.11. The van der Waals surface area contributed by atoms with Gasteiger partial charge in [0.05, 0.1) is 4.47 Å². The van der Waals surface area contributed by atoms with E-state index in [0.717, 1.165) is 12.1 Å². The maximum Gasteiger partial charge on any atom is 0.328 e. The van der Waals surface area contributed by atoms with E-state index in [9.17, 15) is 9.18 Å². The molecule has 1 aromatic rings. The number of aromatic hydroxyl groups is 1. The smallest absolute Gasteiger partial charge is 0.328 e. The molecule has 2 N–H and O–H groups in total. The van der Waals surface area contributed by atoms with Crippen molar-refractivity contribution in [3.8, 4) is 5.75 Å². The highest BCUT2D eigenvalue weighted by atomic mass is 79.9. The lowest BCUT2D eigenvalue weighted by Gasteiger charge is -2.01. The zero-order chi connectivity index (χ0) is 10.7. The van der Waals surface area contributed by atoms with Gasteiger partial charge in [0.15, 0.2) is 11.6 Å². The molecule has 1 rings (SSSR count). The largest absolute Gasteiger partial charge is 0.504 e. The number of hydrogen-bond acceptors (Lipinski definition) is 2. The predicted octanol–water partition coefficient (Wildman–Crippen LogP) is 2.39. The van der Waals surface area contributed by atoms with Crippen LogP contribution >= 0.6 is 15.9 Å². The number of phenolic OH excluding ortho intramolecular Hbond substituents is 1. The first-order valence-corrected chi connectivity index (χ1v) is 4.39. The van der Waals surface area contributed by atoms with Gasteiger partial charge in [-0.05, 0) is 33.6 Å². The van der Waals surface area contributed by atoms with E-state index in [0.29, 0.717) is 5.56 Å². The first-order valence-electron chi connectivity index (χ1n) is 3.60. The van der Waals surface area contributed by atoms with Crippen molar-refractivity contribution in [3.05, 3.63) is 34.1 Å². The van der Waals surface area contributed by atoms with E-state index in [2.05, 4.69) is 15.9 Å². The Morgan fingerprint density at radius 3 is 2.71 bits per heavy atom. The number of rotatable bonds is 2. The second kappa shape index (κ2) is 4.23. The van der Waals surface area contributed by atoms with Crippen LogP contribution in [0.5, 0.6) is 5.75 Å². The zero-order valence-corrected chi connectivity index (χ0v) is 8.45. The topological polar surface area (TPSA) is 57.5 Å². The average molecular weight is 261 g/mol. The van der Waals surface area contributed by atoms with Gasteiger partial charge < -0.3 is 10.2 Å². The summed E-state index contributed by atoms with van der Waals surface area (Å²) in [5, 5.41) is 17.5. The van der Waals surface area contributed by atoms with Gasteiger partial charge in [-0.2, -0.15) is 0 Å². The summed E-state index contributed by atoms with van der Waals surface area (Å²) >= 11 is 2.95. The van der Waals surface area contributed by atoms with Gasteiger partial charge in [-0.3, -0.25) is 0 Å². The molecule has 0 heterocycles. The van der Waals surface area contributed by atoms with Crippen LogP contribution in [0.2, 0.25) is 0 Å². The monoisotopic (exact) mass is 260 g/mol. The number of carboxylic acids is 1. The van der Waals surface area contributed by atoms with Crippen molar-refractivity contribution in [2.24, 2.45) is 0 Å². The molecule has 0 amide bonds. The highest BCUT2D eigenvalue weighted by Crippen LogP contribution is 2.30. The molecule has 74 valence electrons. The molecular weight excluding hydrogens is 255 g/mol. The molecule has 0 radical (unpaired) electrons. The lowest BCUT2D eigenvalue weighted by Crippen LogP contribution is -1.87. The number of hydrogen-bond donors (Lipinski definition) is 2. The van der Waals surface area contributed by atoms with Crippen LogP contribution in [0.3, 0.4) is 0 Å². The van der Waals surface area contributed by atoms with Crippen molar-refractivity contribution in [2.45, 2.75) is 0 Å². The van der Waals surface area contributed by atoms with E-state index in [1.807, 2.05) is 0 Å². The first-order chi connectivity index (χ1) is 6.52. The molecule has 0 saturated heterocycles. The Hall–Kier alpha value is -1.36. The maximum absolute atomic E-state index is 12.7. The minimum absolute atomic E-state index is 0.134. The van der Waals surface area contributed by atoms with Crippen LogP contribution in [0.15, 0.2) is 22.7 Å². The van der Waals surface area contributed by atoms with Gasteiger partial charge >= 0.3 is 5.97 Å². The second-order valence-corrected chi connectivity index (χ2v) is 3.26. The average Bonchev–Trinajstić information content (AvgIpc) is 2.13. The van der Waals surface area contributed by atoms with Gasteiger partial charge in [-0.25, -0.2) is 9.18 Å². The fourth-order valence-electron chi connectivity index (χ4n) is 0.846. The van der Waals surface area contributed by atoms with Crippen LogP contribution < -0.4 is 0 Å². The summed E-state index contributed by atoms with van der Waals surface area (Å²) < 4.78 is 12.9. The van der Waals surface area contributed by atoms with Gasteiger partial charge in [-0.15, -0.1) is 0 Å². The van der Waals surface area contributed by atoms with Crippen LogP contribution in [0.25, 0.3) is 6.08 Å². The third-order valence-electron chi connectivity index (χ3n) is 1.50. The van der Waals surface area contributed by atoms with E-state index in [4.69, 9.17) is 10.2 Å². The zero-order valence-electron chi connectivity index (χ0n) is 6.87.